The van der Waals surface area contributed by atoms with Gasteiger partial charge in [0.05, 0.1) is 5.92 Å². The lowest BCUT2D eigenvalue weighted by atomic mass is 9.85. The van der Waals surface area contributed by atoms with Crippen molar-refractivity contribution >= 4 is 22.6 Å². The van der Waals surface area contributed by atoms with E-state index < -0.39 is 11.0 Å². The van der Waals surface area contributed by atoms with Crippen LogP contribution in [0.2, 0.25) is 0 Å². The maximum atomic E-state index is 12.9. The van der Waals surface area contributed by atoms with Gasteiger partial charge in [0.1, 0.15) is 11.0 Å². The van der Waals surface area contributed by atoms with E-state index >= 15 is 0 Å². The van der Waals surface area contributed by atoms with Crippen molar-refractivity contribution in [2.45, 2.75) is 54.9 Å². The van der Waals surface area contributed by atoms with Crippen molar-refractivity contribution in [3.05, 3.63) is 65.3 Å². The van der Waals surface area contributed by atoms with Crippen LogP contribution in [-0.2, 0) is 22.2 Å². The highest BCUT2D eigenvalue weighted by Crippen LogP contribution is 2.27. The van der Waals surface area contributed by atoms with Gasteiger partial charge in [0, 0.05) is 25.0 Å². The first-order chi connectivity index (χ1) is 14.8. The minimum absolute atomic E-state index is 0.0634. The van der Waals surface area contributed by atoms with Crippen LogP contribution in [-0.4, -0.2) is 29.5 Å². The zero-order valence-corrected chi connectivity index (χ0v) is 21.5. The summed E-state index contributed by atoms with van der Waals surface area (Å²) in [5.74, 6) is -0.432. The Bertz CT molecular complexity index is 751. The van der Waals surface area contributed by atoms with Gasteiger partial charge in [-0.1, -0.05) is 64.1 Å². The largest absolute Gasteiger partial charge is 0.354 e. The number of carbonyl (C=O) groups is 1. The Morgan fingerprint density at radius 1 is 1.19 bits per heavy atom. The standard InChI is InChI=1S/C21H31N3O2S.2C2H6/c1-6-8-19(16(4)15(2)3)20(21(25)23-12-11-22)14-17-9-7-10-18(13-17)24-27(5)26;2*1-2/h6-10,13,20,24H,1,11-12,14,22H2,2-5H3,(H,23,25);2*1-2H3/b19-8+;;. The molecule has 2 atom stereocenters. The predicted molar refractivity (Wildman–Crippen MR) is 138 cm³/mol. The molecule has 2 unspecified atom stereocenters. The summed E-state index contributed by atoms with van der Waals surface area (Å²) >= 11 is 0. The number of nitrogens with two attached hydrogens (primary N) is 1. The second-order valence-electron chi connectivity index (χ2n) is 6.58. The highest BCUT2D eigenvalue weighted by Gasteiger charge is 2.24. The van der Waals surface area contributed by atoms with Gasteiger partial charge in [0.25, 0.3) is 0 Å². The molecule has 5 nitrogen and oxygen atoms in total. The van der Waals surface area contributed by atoms with Crippen molar-refractivity contribution < 1.29 is 9.00 Å². The maximum Gasteiger partial charge on any atom is 0.227 e. The normalized spacial score (nSPS) is 12.1. The molecule has 0 aliphatic carbocycles. The number of allylic oxidation sites excluding steroid dienone is 4. The van der Waals surface area contributed by atoms with Crippen LogP contribution in [0.5, 0.6) is 0 Å². The Hall–Kier alpha value is -2.18. The topological polar surface area (TPSA) is 84.2 Å². The van der Waals surface area contributed by atoms with E-state index in [4.69, 9.17) is 5.73 Å². The van der Waals surface area contributed by atoms with Crippen molar-refractivity contribution in [1.82, 2.24) is 5.32 Å². The van der Waals surface area contributed by atoms with Gasteiger partial charge in [0.15, 0.2) is 0 Å². The van der Waals surface area contributed by atoms with Crippen molar-refractivity contribution in [3.8, 4) is 0 Å². The van der Waals surface area contributed by atoms with Crippen LogP contribution in [0, 0.1) is 5.92 Å². The fourth-order valence-electron chi connectivity index (χ4n) is 2.74. The van der Waals surface area contributed by atoms with E-state index in [1.54, 1.807) is 12.3 Å². The van der Waals surface area contributed by atoms with Gasteiger partial charge >= 0.3 is 0 Å². The summed E-state index contributed by atoms with van der Waals surface area (Å²) in [7, 11) is -1.15. The highest BCUT2D eigenvalue weighted by atomic mass is 32.2. The molecule has 0 aromatic heterocycles. The fraction of sp³-hybridized carbons (Fsp3) is 0.480. The zero-order chi connectivity index (χ0) is 24.4. The van der Waals surface area contributed by atoms with Gasteiger partial charge in [-0.2, -0.15) is 0 Å². The Kier molecular flexibility index (Phi) is 18.6. The number of amides is 1. The summed E-state index contributed by atoms with van der Waals surface area (Å²) < 4.78 is 14.3. The third-order valence-corrected chi connectivity index (χ3v) is 4.77. The number of anilines is 1. The molecule has 6 heteroatoms. The van der Waals surface area contributed by atoms with E-state index in [0.717, 1.165) is 28.0 Å². The molecule has 1 rings (SSSR count). The fourth-order valence-corrected chi connectivity index (χ4v) is 3.20. The molecule has 0 aliphatic rings. The van der Waals surface area contributed by atoms with Crippen LogP contribution in [0.4, 0.5) is 5.69 Å². The molecule has 0 radical (unpaired) electrons. The molecule has 0 bridgehead atoms. The molecule has 1 amide bonds. The van der Waals surface area contributed by atoms with E-state index in [9.17, 15) is 9.00 Å². The number of carbonyl (C=O) groups excluding carboxylic acids is 1. The molecule has 1 aromatic rings. The number of rotatable bonds is 10. The molecule has 0 heterocycles. The highest BCUT2D eigenvalue weighted by molar-refractivity contribution is 7.85. The molecule has 4 N–H and O–H groups in total. The van der Waals surface area contributed by atoms with Crippen LogP contribution in [0.3, 0.4) is 0 Å². The smallest absolute Gasteiger partial charge is 0.227 e. The third kappa shape index (κ3) is 12.3. The third-order valence-electron chi connectivity index (χ3n) is 4.24. The lowest BCUT2D eigenvalue weighted by Crippen LogP contribution is -2.36. The molecular formula is C25H43N3O2S. The van der Waals surface area contributed by atoms with Crippen LogP contribution < -0.4 is 15.8 Å². The van der Waals surface area contributed by atoms with Gasteiger partial charge in [0.2, 0.25) is 5.91 Å². The van der Waals surface area contributed by atoms with E-state index in [2.05, 4.69) is 16.6 Å². The van der Waals surface area contributed by atoms with Crippen molar-refractivity contribution in [3.63, 3.8) is 0 Å². The lowest BCUT2D eigenvalue weighted by molar-refractivity contribution is -0.123. The second kappa shape index (κ2) is 18.6. The Morgan fingerprint density at radius 2 is 1.81 bits per heavy atom. The van der Waals surface area contributed by atoms with Gasteiger partial charge < -0.3 is 15.8 Å². The minimum Gasteiger partial charge on any atom is -0.354 e. The summed E-state index contributed by atoms with van der Waals surface area (Å²) in [5.41, 5.74) is 10.5. The Balaban J connectivity index is 0. The first-order valence-corrected chi connectivity index (χ1v) is 12.5. The van der Waals surface area contributed by atoms with E-state index in [-0.39, 0.29) is 11.8 Å². The number of nitrogens with one attached hydrogen (secondary N) is 2. The Labute approximate surface area is 192 Å². The minimum atomic E-state index is -1.15. The summed E-state index contributed by atoms with van der Waals surface area (Å²) in [4.78, 5) is 12.9. The van der Waals surface area contributed by atoms with E-state index in [1.807, 2.05) is 78.8 Å². The van der Waals surface area contributed by atoms with Crippen LogP contribution in [0.15, 0.2) is 59.7 Å². The first-order valence-electron chi connectivity index (χ1n) is 10.9. The summed E-state index contributed by atoms with van der Waals surface area (Å²) in [6.45, 7) is 18.7. The average molecular weight is 450 g/mol. The lowest BCUT2D eigenvalue weighted by Gasteiger charge is -2.22. The van der Waals surface area contributed by atoms with Crippen molar-refractivity contribution in [2.24, 2.45) is 11.7 Å². The van der Waals surface area contributed by atoms with Crippen molar-refractivity contribution in [1.29, 1.82) is 0 Å². The number of hydrogen-bond acceptors (Lipinski definition) is 3. The van der Waals surface area contributed by atoms with Gasteiger partial charge in [-0.3, -0.25) is 4.79 Å². The average Bonchev–Trinajstić information content (AvgIpc) is 2.76. The summed E-state index contributed by atoms with van der Waals surface area (Å²) in [5, 5.41) is 2.91. The van der Waals surface area contributed by atoms with Gasteiger partial charge in [-0.05, 0) is 56.0 Å². The van der Waals surface area contributed by atoms with E-state index in [1.165, 1.54) is 0 Å². The van der Waals surface area contributed by atoms with Crippen LogP contribution in [0.25, 0.3) is 0 Å². The van der Waals surface area contributed by atoms with Crippen molar-refractivity contribution in [2.75, 3.05) is 24.1 Å². The molecule has 0 spiro atoms. The molecule has 31 heavy (non-hydrogen) atoms. The van der Waals surface area contributed by atoms with Gasteiger partial charge in [-0.25, -0.2) is 4.21 Å². The molecule has 0 aliphatic heterocycles. The van der Waals surface area contributed by atoms with Crippen LogP contribution >= 0.6 is 0 Å². The number of hydrogen-bond donors (Lipinski definition) is 3. The summed E-state index contributed by atoms with van der Waals surface area (Å²) in [6, 6.07) is 7.64. The Morgan fingerprint density at radius 3 is 2.29 bits per heavy atom. The molecule has 0 fully saturated rings. The quantitative estimate of drug-likeness (QED) is 0.432. The molecule has 176 valence electrons. The predicted octanol–water partition coefficient (Wildman–Crippen LogP) is 5.15. The monoisotopic (exact) mass is 449 g/mol. The molecule has 1 aromatic carbocycles. The van der Waals surface area contributed by atoms with Gasteiger partial charge in [-0.15, -0.1) is 0 Å². The molecule has 0 saturated carbocycles. The first kappa shape index (κ1) is 31.0. The molecule has 0 saturated heterocycles. The summed E-state index contributed by atoms with van der Waals surface area (Å²) in [6.07, 6.45) is 5.72. The SMILES string of the molecule is C=C/C=C(\C(C)=C(C)C)C(Cc1cccc(NS(C)=O)c1)C(=O)NCCN.CC.CC. The number of benzene rings is 1. The second-order valence-corrected chi connectivity index (χ2v) is 7.69. The van der Waals surface area contributed by atoms with E-state index in [0.29, 0.717) is 19.5 Å². The zero-order valence-electron chi connectivity index (χ0n) is 20.7. The van der Waals surface area contributed by atoms with Crippen LogP contribution in [0.1, 0.15) is 54.0 Å². The maximum absolute atomic E-state index is 12.9. The molecular weight excluding hydrogens is 406 g/mol.